The minimum Gasteiger partial charge on any atom is -0.302 e. The largest absolute Gasteiger partial charge is 0.302 e. The van der Waals surface area contributed by atoms with Crippen molar-refractivity contribution in [1.29, 1.82) is 0 Å². The summed E-state index contributed by atoms with van der Waals surface area (Å²) in [4.78, 5) is 5.33. The predicted molar refractivity (Wildman–Crippen MR) is 76.5 cm³/mol. The molecule has 0 radical (unpaired) electrons. The highest BCUT2D eigenvalue weighted by Crippen LogP contribution is 2.08. The summed E-state index contributed by atoms with van der Waals surface area (Å²) in [5.74, 6) is 0. The maximum atomic E-state index is 2.67. The van der Waals surface area contributed by atoms with Gasteiger partial charge in [-0.15, -0.1) is 0 Å². The molecular weight excluding hydrogens is 208 g/mol. The molecule has 102 valence electrons. The quantitative estimate of drug-likeness (QED) is 0.570. The van der Waals surface area contributed by atoms with E-state index in [1.807, 2.05) is 0 Å². The van der Waals surface area contributed by atoms with Crippen molar-refractivity contribution in [2.45, 2.75) is 58.8 Å². The lowest BCUT2D eigenvalue weighted by Gasteiger charge is -2.30. The molecule has 1 fully saturated rings. The number of unbranched alkanes of at least 4 members (excludes halogenated alkanes) is 2. The molecule has 1 aliphatic rings. The van der Waals surface area contributed by atoms with Crippen molar-refractivity contribution in [3.8, 4) is 0 Å². The molecule has 1 aliphatic heterocycles. The van der Waals surface area contributed by atoms with Crippen LogP contribution in [0.1, 0.15) is 58.8 Å². The summed E-state index contributed by atoms with van der Waals surface area (Å²) in [5, 5.41) is 0. The molecule has 0 aromatic rings. The van der Waals surface area contributed by atoms with Crippen molar-refractivity contribution >= 4 is 0 Å². The van der Waals surface area contributed by atoms with E-state index in [4.69, 9.17) is 0 Å². The topological polar surface area (TPSA) is 6.48 Å². The number of hydrogen-bond acceptors (Lipinski definition) is 2. The van der Waals surface area contributed by atoms with E-state index in [1.165, 1.54) is 84.2 Å². The molecule has 1 heterocycles. The van der Waals surface area contributed by atoms with Crippen molar-refractivity contribution in [2.75, 3.05) is 39.3 Å². The monoisotopic (exact) mass is 240 g/mol. The average Bonchev–Trinajstić information content (AvgIpc) is 2.37. The maximum absolute atomic E-state index is 2.67. The van der Waals surface area contributed by atoms with Crippen LogP contribution in [0.15, 0.2) is 0 Å². The third-order valence-electron chi connectivity index (χ3n) is 3.80. The van der Waals surface area contributed by atoms with Gasteiger partial charge in [0.2, 0.25) is 0 Å². The van der Waals surface area contributed by atoms with E-state index in [2.05, 4.69) is 23.6 Å². The molecule has 0 unspecified atom stereocenters. The van der Waals surface area contributed by atoms with E-state index in [0.29, 0.717) is 0 Å². The number of rotatable bonds is 9. The van der Waals surface area contributed by atoms with Gasteiger partial charge in [0, 0.05) is 13.1 Å². The Bertz CT molecular complexity index is 164. The molecule has 17 heavy (non-hydrogen) atoms. The zero-order valence-corrected chi connectivity index (χ0v) is 12.1. The summed E-state index contributed by atoms with van der Waals surface area (Å²) in [5.41, 5.74) is 0. The summed E-state index contributed by atoms with van der Waals surface area (Å²) in [6, 6.07) is 0. The van der Waals surface area contributed by atoms with Crippen molar-refractivity contribution in [1.82, 2.24) is 9.80 Å². The highest BCUT2D eigenvalue weighted by atomic mass is 15.2. The summed E-state index contributed by atoms with van der Waals surface area (Å²) in [6.45, 7) is 12.5. The Labute approximate surface area is 108 Å². The number of nitrogens with zero attached hydrogens (tertiary/aromatic N) is 2. The Hall–Kier alpha value is -0.0800. The second-order valence-electron chi connectivity index (χ2n) is 5.45. The zero-order chi connectivity index (χ0) is 12.3. The fourth-order valence-corrected chi connectivity index (χ4v) is 2.70. The summed E-state index contributed by atoms with van der Waals surface area (Å²) in [7, 11) is 0. The fourth-order valence-electron chi connectivity index (χ4n) is 2.70. The van der Waals surface area contributed by atoms with Crippen molar-refractivity contribution in [3.63, 3.8) is 0 Å². The van der Waals surface area contributed by atoms with E-state index >= 15 is 0 Å². The van der Waals surface area contributed by atoms with Gasteiger partial charge in [0.05, 0.1) is 0 Å². The van der Waals surface area contributed by atoms with E-state index in [0.717, 1.165) is 0 Å². The van der Waals surface area contributed by atoms with Gasteiger partial charge < -0.3 is 9.80 Å². The van der Waals surface area contributed by atoms with Gasteiger partial charge in [-0.3, -0.25) is 0 Å². The van der Waals surface area contributed by atoms with Gasteiger partial charge in [-0.1, -0.05) is 33.1 Å². The van der Waals surface area contributed by atoms with Crippen LogP contribution in [0.4, 0.5) is 0 Å². The van der Waals surface area contributed by atoms with E-state index in [9.17, 15) is 0 Å². The standard InChI is InChI=1S/C15H32N2/c1-3-5-7-11-16(10-4-2)14-15-17-12-8-6-9-13-17/h3-15H2,1-2H3. The molecule has 1 rings (SSSR count). The van der Waals surface area contributed by atoms with Crippen LogP contribution in [0.5, 0.6) is 0 Å². The molecule has 0 aliphatic carbocycles. The van der Waals surface area contributed by atoms with Gasteiger partial charge in [-0.05, 0) is 51.9 Å². The van der Waals surface area contributed by atoms with Crippen molar-refractivity contribution in [2.24, 2.45) is 0 Å². The predicted octanol–water partition coefficient (Wildman–Crippen LogP) is 3.37. The Balaban J connectivity index is 2.13. The van der Waals surface area contributed by atoms with Crippen LogP contribution in [0.25, 0.3) is 0 Å². The van der Waals surface area contributed by atoms with E-state index < -0.39 is 0 Å². The molecule has 0 spiro atoms. The van der Waals surface area contributed by atoms with Gasteiger partial charge in [-0.25, -0.2) is 0 Å². The molecule has 0 aromatic carbocycles. The fraction of sp³-hybridized carbons (Fsp3) is 1.00. The smallest absolute Gasteiger partial charge is 0.0109 e. The van der Waals surface area contributed by atoms with E-state index in [1.54, 1.807) is 0 Å². The first kappa shape index (κ1) is 15.0. The maximum Gasteiger partial charge on any atom is 0.0109 e. The molecule has 0 amide bonds. The first-order chi connectivity index (χ1) is 8.36. The van der Waals surface area contributed by atoms with Crippen LogP contribution in [0, 0.1) is 0 Å². The first-order valence-corrected chi connectivity index (χ1v) is 7.81. The Kier molecular flexibility index (Phi) is 8.72. The minimum absolute atomic E-state index is 1.29. The molecular formula is C15H32N2. The lowest BCUT2D eigenvalue weighted by atomic mass is 10.1. The highest BCUT2D eigenvalue weighted by molar-refractivity contribution is 4.67. The van der Waals surface area contributed by atoms with Gasteiger partial charge in [0.1, 0.15) is 0 Å². The second kappa shape index (κ2) is 9.90. The molecule has 0 aromatic heterocycles. The number of hydrogen-bond donors (Lipinski definition) is 0. The van der Waals surface area contributed by atoms with Crippen LogP contribution in [-0.4, -0.2) is 49.1 Å². The molecule has 0 atom stereocenters. The van der Waals surface area contributed by atoms with E-state index in [-0.39, 0.29) is 0 Å². The zero-order valence-electron chi connectivity index (χ0n) is 12.1. The average molecular weight is 240 g/mol. The summed E-state index contributed by atoms with van der Waals surface area (Å²) >= 11 is 0. The number of likely N-dealkylation sites (tertiary alicyclic amines) is 1. The second-order valence-corrected chi connectivity index (χ2v) is 5.45. The van der Waals surface area contributed by atoms with Crippen LogP contribution in [0.3, 0.4) is 0 Å². The Morgan fingerprint density at radius 1 is 0.824 bits per heavy atom. The van der Waals surface area contributed by atoms with Gasteiger partial charge in [0.25, 0.3) is 0 Å². The molecule has 2 heteroatoms. The first-order valence-electron chi connectivity index (χ1n) is 7.81. The molecule has 1 saturated heterocycles. The molecule has 0 bridgehead atoms. The third kappa shape index (κ3) is 7.05. The SMILES string of the molecule is CCCCCN(CCC)CCN1CCCCC1. The third-order valence-corrected chi connectivity index (χ3v) is 3.80. The molecule has 0 N–H and O–H groups in total. The van der Waals surface area contributed by atoms with Crippen LogP contribution in [-0.2, 0) is 0 Å². The Morgan fingerprint density at radius 3 is 2.24 bits per heavy atom. The molecule has 2 nitrogen and oxygen atoms in total. The van der Waals surface area contributed by atoms with Crippen molar-refractivity contribution < 1.29 is 0 Å². The normalized spacial score (nSPS) is 17.8. The van der Waals surface area contributed by atoms with Gasteiger partial charge in [0.15, 0.2) is 0 Å². The summed E-state index contributed by atoms with van der Waals surface area (Å²) in [6.07, 6.45) is 9.71. The van der Waals surface area contributed by atoms with Crippen LogP contribution >= 0.6 is 0 Å². The number of piperidine rings is 1. The van der Waals surface area contributed by atoms with Crippen molar-refractivity contribution in [3.05, 3.63) is 0 Å². The highest BCUT2D eigenvalue weighted by Gasteiger charge is 2.11. The van der Waals surface area contributed by atoms with Gasteiger partial charge >= 0.3 is 0 Å². The lowest BCUT2D eigenvalue weighted by Crippen LogP contribution is -2.38. The Morgan fingerprint density at radius 2 is 1.59 bits per heavy atom. The lowest BCUT2D eigenvalue weighted by molar-refractivity contribution is 0.180. The van der Waals surface area contributed by atoms with Gasteiger partial charge in [-0.2, -0.15) is 0 Å². The minimum atomic E-state index is 1.29. The summed E-state index contributed by atoms with van der Waals surface area (Å²) < 4.78 is 0. The van der Waals surface area contributed by atoms with Crippen LogP contribution < -0.4 is 0 Å². The van der Waals surface area contributed by atoms with Crippen LogP contribution in [0.2, 0.25) is 0 Å². The molecule has 0 saturated carbocycles.